The lowest BCUT2D eigenvalue weighted by Gasteiger charge is -2.05. The van der Waals surface area contributed by atoms with Crippen molar-refractivity contribution in [3.8, 4) is 18.1 Å². The highest BCUT2D eigenvalue weighted by Crippen LogP contribution is 2.11. The van der Waals surface area contributed by atoms with Crippen LogP contribution in [0.2, 0.25) is 0 Å². The van der Waals surface area contributed by atoms with E-state index in [4.69, 9.17) is 11.2 Å². The maximum Gasteiger partial charge on any atom is 0.119 e. The van der Waals surface area contributed by atoms with Crippen LogP contribution in [-0.2, 0) is 6.54 Å². The van der Waals surface area contributed by atoms with Crippen molar-refractivity contribution >= 4 is 0 Å². The number of methoxy groups -OCH3 is 1. The molecule has 1 N–H and O–H groups in total. The summed E-state index contributed by atoms with van der Waals surface area (Å²) in [5, 5.41) is 3.34. The molecule has 0 radical (unpaired) electrons. The molecule has 1 aromatic rings. The quantitative estimate of drug-likeness (QED) is 0.565. The molecule has 0 fully saturated rings. The molecule has 2 nitrogen and oxygen atoms in total. The Hall–Kier alpha value is -1.46. The van der Waals surface area contributed by atoms with Crippen molar-refractivity contribution in [2.75, 3.05) is 13.7 Å². The molecule has 0 spiro atoms. The fourth-order valence-electron chi connectivity index (χ4n) is 1.33. The van der Waals surface area contributed by atoms with E-state index in [9.17, 15) is 0 Å². The normalized spacial score (nSPS) is 9.60. The molecule has 1 rings (SSSR count). The van der Waals surface area contributed by atoms with Gasteiger partial charge in [-0.1, -0.05) is 12.1 Å². The van der Waals surface area contributed by atoms with Crippen molar-refractivity contribution in [3.05, 3.63) is 29.8 Å². The van der Waals surface area contributed by atoms with Crippen LogP contribution in [0.25, 0.3) is 0 Å². The van der Waals surface area contributed by atoms with Crippen LogP contribution in [0, 0.1) is 12.3 Å². The van der Waals surface area contributed by atoms with Gasteiger partial charge in [0, 0.05) is 13.0 Å². The van der Waals surface area contributed by atoms with E-state index in [-0.39, 0.29) is 0 Å². The first kappa shape index (κ1) is 11.6. The lowest BCUT2D eigenvalue weighted by Crippen LogP contribution is -2.14. The van der Waals surface area contributed by atoms with Gasteiger partial charge in [-0.2, -0.15) is 0 Å². The van der Waals surface area contributed by atoms with Crippen LogP contribution in [-0.4, -0.2) is 13.7 Å². The minimum absolute atomic E-state index is 0.838. The first-order valence-corrected chi connectivity index (χ1v) is 5.14. The summed E-state index contributed by atoms with van der Waals surface area (Å²) in [6.45, 7) is 1.82. The molecule has 0 aromatic heterocycles. The van der Waals surface area contributed by atoms with E-state index in [1.807, 2.05) is 18.2 Å². The lowest BCUT2D eigenvalue weighted by atomic mass is 10.2. The van der Waals surface area contributed by atoms with Crippen molar-refractivity contribution in [2.24, 2.45) is 0 Å². The van der Waals surface area contributed by atoms with Crippen molar-refractivity contribution in [2.45, 2.75) is 19.4 Å². The smallest absolute Gasteiger partial charge is 0.119 e. The SMILES string of the molecule is C#CCCCNCc1cccc(OC)c1. The summed E-state index contributed by atoms with van der Waals surface area (Å²) in [6.07, 6.45) is 7.03. The Balaban J connectivity index is 2.28. The van der Waals surface area contributed by atoms with Crippen molar-refractivity contribution < 1.29 is 4.74 Å². The minimum atomic E-state index is 0.838. The van der Waals surface area contributed by atoms with Gasteiger partial charge in [0.25, 0.3) is 0 Å². The van der Waals surface area contributed by atoms with E-state index >= 15 is 0 Å². The standard InChI is InChI=1S/C13H17NO/c1-3-4-5-9-14-11-12-7-6-8-13(10-12)15-2/h1,6-8,10,14H,4-5,9,11H2,2H3. The molecule has 0 saturated carbocycles. The van der Waals surface area contributed by atoms with E-state index in [0.717, 1.165) is 31.7 Å². The van der Waals surface area contributed by atoms with Crippen LogP contribution in [0.4, 0.5) is 0 Å². The largest absolute Gasteiger partial charge is 0.497 e. The number of hydrogen-bond acceptors (Lipinski definition) is 2. The summed E-state index contributed by atoms with van der Waals surface area (Å²) in [5.41, 5.74) is 1.23. The van der Waals surface area contributed by atoms with Gasteiger partial charge in [-0.05, 0) is 30.7 Å². The van der Waals surface area contributed by atoms with Crippen molar-refractivity contribution in [1.82, 2.24) is 5.32 Å². The molecule has 0 aliphatic carbocycles. The van der Waals surface area contributed by atoms with E-state index in [2.05, 4.69) is 17.3 Å². The van der Waals surface area contributed by atoms with Crippen LogP contribution >= 0.6 is 0 Å². The van der Waals surface area contributed by atoms with Gasteiger partial charge in [0.2, 0.25) is 0 Å². The summed E-state index contributed by atoms with van der Waals surface area (Å²) in [5.74, 6) is 3.53. The number of terminal acetylenes is 1. The fourth-order valence-corrected chi connectivity index (χ4v) is 1.33. The number of hydrogen-bond donors (Lipinski definition) is 1. The zero-order chi connectivity index (χ0) is 10.9. The molecule has 1 aromatic carbocycles. The Kier molecular flexibility index (Phi) is 5.35. The van der Waals surface area contributed by atoms with Gasteiger partial charge in [-0.25, -0.2) is 0 Å². The summed E-state index contributed by atoms with van der Waals surface area (Å²) in [4.78, 5) is 0. The van der Waals surface area contributed by atoms with E-state index in [1.165, 1.54) is 5.56 Å². The molecular formula is C13H17NO. The Morgan fingerprint density at radius 3 is 3.07 bits per heavy atom. The monoisotopic (exact) mass is 203 g/mol. The van der Waals surface area contributed by atoms with Gasteiger partial charge in [-0.3, -0.25) is 0 Å². The Morgan fingerprint density at radius 1 is 1.47 bits per heavy atom. The summed E-state index contributed by atoms with van der Waals surface area (Å²) in [7, 11) is 1.68. The second-order valence-electron chi connectivity index (χ2n) is 3.34. The number of unbranched alkanes of at least 4 members (excludes halogenated alkanes) is 1. The first-order chi connectivity index (χ1) is 7.36. The molecule has 0 bridgehead atoms. The highest BCUT2D eigenvalue weighted by Gasteiger charge is 1.94. The Bertz CT molecular complexity index is 328. The van der Waals surface area contributed by atoms with Crippen LogP contribution < -0.4 is 10.1 Å². The molecule has 0 saturated heterocycles. The van der Waals surface area contributed by atoms with Gasteiger partial charge in [0.05, 0.1) is 7.11 Å². The van der Waals surface area contributed by atoms with Crippen LogP contribution in [0.3, 0.4) is 0 Å². The molecule has 80 valence electrons. The predicted octanol–water partition coefficient (Wildman–Crippen LogP) is 2.20. The predicted molar refractivity (Wildman–Crippen MR) is 62.8 cm³/mol. The lowest BCUT2D eigenvalue weighted by molar-refractivity contribution is 0.414. The van der Waals surface area contributed by atoms with E-state index in [0.29, 0.717) is 0 Å². The Morgan fingerprint density at radius 2 is 2.33 bits per heavy atom. The number of benzene rings is 1. The van der Waals surface area contributed by atoms with Gasteiger partial charge in [0.1, 0.15) is 5.75 Å². The average Bonchev–Trinajstić information content (AvgIpc) is 2.29. The van der Waals surface area contributed by atoms with Crippen LogP contribution in [0.1, 0.15) is 18.4 Å². The zero-order valence-electron chi connectivity index (χ0n) is 9.12. The minimum Gasteiger partial charge on any atom is -0.497 e. The fraction of sp³-hybridized carbons (Fsp3) is 0.385. The maximum atomic E-state index is 5.17. The number of nitrogens with one attached hydrogen (secondary N) is 1. The zero-order valence-corrected chi connectivity index (χ0v) is 9.12. The third kappa shape index (κ3) is 4.53. The van der Waals surface area contributed by atoms with Crippen molar-refractivity contribution in [3.63, 3.8) is 0 Å². The maximum absolute atomic E-state index is 5.17. The average molecular weight is 203 g/mol. The third-order valence-electron chi connectivity index (χ3n) is 2.14. The summed E-state index contributed by atoms with van der Waals surface area (Å²) >= 11 is 0. The Labute approximate surface area is 91.6 Å². The van der Waals surface area contributed by atoms with Gasteiger partial charge in [-0.15, -0.1) is 12.3 Å². The number of ether oxygens (including phenoxy) is 1. The molecule has 2 heteroatoms. The van der Waals surface area contributed by atoms with Gasteiger partial charge in [0.15, 0.2) is 0 Å². The van der Waals surface area contributed by atoms with Crippen molar-refractivity contribution in [1.29, 1.82) is 0 Å². The molecular weight excluding hydrogens is 186 g/mol. The topological polar surface area (TPSA) is 21.3 Å². The molecule has 15 heavy (non-hydrogen) atoms. The second kappa shape index (κ2) is 6.92. The van der Waals surface area contributed by atoms with Crippen LogP contribution in [0.15, 0.2) is 24.3 Å². The molecule has 0 heterocycles. The molecule has 0 amide bonds. The molecule has 0 unspecified atom stereocenters. The highest BCUT2D eigenvalue weighted by molar-refractivity contribution is 5.28. The third-order valence-corrected chi connectivity index (χ3v) is 2.14. The first-order valence-electron chi connectivity index (χ1n) is 5.14. The van der Waals surface area contributed by atoms with E-state index in [1.54, 1.807) is 7.11 Å². The second-order valence-corrected chi connectivity index (χ2v) is 3.34. The molecule has 0 aliphatic heterocycles. The summed E-state index contributed by atoms with van der Waals surface area (Å²) in [6, 6.07) is 8.06. The van der Waals surface area contributed by atoms with Crippen LogP contribution in [0.5, 0.6) is 5.75 Å². The number of rotatable bonds is 6. The van der Waals surface area contributed by atoms with Gasteiger partial charge >= 0.3 is 0 Å². The highest BCUT2D eigenvalue weighted by atomic mass is 16.5. The van der Waals surface area contributed by atoms with E-state index < -0.39 is 0 Å². The summed E-state index contributed by atoms with van der Waals surface area (Å²) < 4.78 is 5.15. The molecule has 0 atom stereocenters. The van der Waals surface area contributed by atoms with Gasteiger partial charge < -0.3 is 10.1 Å². The molecule has 0 aliphatic rings.